The van der Waals surface area contributed by atoms with Crippen molar-refractivity contribution < 1.29 is 14.2 Å². The first-order valence-corrected chi connectivity index (χ1v) is 11.2. The normalized spacial score (nSPS) is 16.2. The van der Waals surface area contributed by atoms with Crippen molar-refractivity contribution >= 4 is 17.3 Å². The van der Waals surface area contributed by atoms with Gasteiger partial charge in [-0.25, -0.2) is 4.99 Å². The molecule has 0 amide bonds. The van der Waals surface area contributed by atoms with Crippen LogP contribution in [0.25, 0.3) is 0 Å². The molecule has 1 unspecified atom stereocenters. The molecule has 1 saturated heterocycles. The number of benzene rings is 1. The van der Waals surface area contributed by atoms with Crippen molar-refractivity contribution in [2.24, 2.45) is 4.99 Å². The predicted octanol–water partition coefficient (Wildman–Crippen LogP) is 2.89. The first kappa shape index (κ1) is 22.4. The van der Waals surface area contributed by atoms with Crippen LogP contribution in [0.5, 0.6) is 11.5 Å². The minimum Gasteiger partial charge on any atom is -0.493 e. The highest BCUT2D eigenvalue weighted by Gasteiger charge is 2.24. The third-order valence-electron chi connectivity index (χ3n) is 5.06. The summed E-state index contributed by atoms with van der Waals surface area (Å²) in [5.74, 6) is 2.30. The lowest BCUT2D eigenvalue weighted by Crippen LogP contribution is -2.46. The summed E-state index contributed by atoms with van der Waals surface area (Å²) in [5.41, 5.74) is 1.18. The lowest BCUT2D eigenvalue weighted by atomic mass is 10.0. The number of hydrogen-bond donors (Lipinski definition) is 2. The van der Waals surface area contributed by atoms with E-state index in [9.17, 15) is 0 Å². The molecule has 1 aliphatic heterocycles. The van der Waals surface area contributed by atoms with Gasteiger partial charge in [0, 0.05) is 31.1 Å². The number of aliphatic imine (C=N–C) groups is 1. The Kier molecular flexibility index (Phi) is 8.80. The molecule has 30 heavy (non-hydrogen) atoms. The Labute approximate surface area is 183 Å². The van der Waals surface area contributed by atoms with E-state index in [1.165, 1.54) is 10.4 Å². The molecule has 1 aliphatic rings. The summed E-state index contributed by atoms with van der Waals surface area (Å²) in [6, 6.07) is 10.5. The van der Waals surface area contributed by atoms with Crippen LogP contribution in [0.3, 0.4) is 0 Å². The Morgan fingerprint density at radius 2 is 1.97 bits per heavy atom. The molecule has 2 N–H and O–H groups in total. The lowest BCUT2D eigenvalue weighted by molar-refractivity contribution is 0.0169. The van der Waals surface area contributed by atoms with Gasteiger partial charge in [0.05, 0.1) is 40.0 Å². The molecule has 7 nitrogen and oxygen atoms in total. The second-order valence-corrected chi connectivity index (χ2v) is 7.97. The van der Waals surface area contributed by atoms with Crippen molar-refractivity contribution in [3.8, 4) is 11.5 Å². The van der Waals surface area contributed by atoms with Crippen LogP contribution in [-0.4, -0.2) is 64.5 Å². The molecule has 0 aliphatic carbocycles. The van der Waals surface area contributed by atoms with Crippen molar-refractivity contribution in [3.05, 3.63) is 46.2 Å². The van der Waals surface area contributed by atoms with E-state index in [-0.39, 0.29) is 6.04 Å². The number of hydrogen-bond acceptors (Lipinski definition) is 6. The second-order valence-electron chi connectivity index (χ2n) is 6.93. The number of rotatable bonds is 9. The van der Waals surface area contributed by atoms with Gasteiger partial charge in [-0.2, -0.15) is 0 Å². The maximum Gasteiger partial charge on any atom is 0.191 e. The van der Waals surface area contributed by atoms with Gasteiger partial charge in [0.15, 0.2) is 17.5 Å². The maximum atomic E-state index is 5.57. The Bertz CT molecular complexity index is 792. The molecule has 8 heteroatoms. The topological polar surface area (TPSA) is 67.4 Å². The van der Waals surface area contributed by atoms with Gasteiger partial charge in [0.1, 0.15) is 0 Å². The summed E-state index contributed by atoms with van der Waals surface area (Å²) < 4.78 is 16.5. The van der Waals surface area contributed by atoms with Crippen LogP contribution in [0.4, 0.5) is 0 Å². The first-order valence-electron chi connectivity index (χ1n) is 10.3. The average Bonchev–Trinajstić information content (AvgIpc) is 3.31. The highest BCUT2D eigenvalue weighted by Crippen LogP contribution is 2.32. The van der Waals surface area contributed by atoms with Gasteiger partial charge in [-0.3, -0.25) is 4.90 Å². The van der Waals surface area contributed by atoms with Crippen LogP contribution in [0, 0.1) is 0 Å². The van der Waals surface area contributed by atoms with E-state index in [4.69, 9.17) is 19.2 Å². The molecule has 0 bridgehead atoms. The van der Waals surface area contributed by atoms with Crippen molar-refractivity contribution in [1.82, 2.24) is 15.5 Å². The number of nitrogens with one attached hydrogen (secondary N) is 2. The fourth-order valence-electron chi connectivity index (χ4n) is 3.50. The van der Waals surface area contributed by atoms with E-state index >= 15 is 0 Å². The minimum atomic E-state index is 0.166. The van der Waals surface area contributed by atoms with E-state index in [1.54, 1.807) is 25.6 Å². The van der Waals surface area contributed by atoms with Crippen LogP contribution >= 0.6 is 11.3 Å². The largest absolute Gasteiger partial charge is 0.493 e. The molecule has 164 valence electrons. The quantitative estimate of drug-likeness (QED) is 0.469. The first-order chi connectivity index (χ1) is 14.7. The zero-order chi connectivity index (χ0) is 21.2. The Balaban J connectivity index is 1.77. The maximum absolute atomic E-state index is 5.57. The van der Waals surface area contributed by atoms with E-state index in [1.807, 2.05) is 6.07 Å². The fraction of sp³-hybridized carbons (Fsp3) is 0.500. The van der Waals surface area contributed by atoms with Gasteiger partial charge in [-0.05, 0) is 36.1 Å². The molecule has 1 aromatic carbocycles. The van der Waals surface area contributed by atoms with Crippen LogP contribution in [-0.2, 0) is 11.3 Å². The van der Waals surface area contributed by atoms with E-state index in [0.717, 1.165) is 56.9 Å². The summed E-state index contributed by atoms with van der Waals surface area (Å²) in [5, 5.41) is 8.97. The van der Waals surface area contributed by atoms with Gasteiger partial charge >= 0.3 is 0 Å². The predicted molar refractivity (Wildman–Crippen MR) is 122 cm³/mol. The number of methoxy groups -OCH3 is 2. The number of guanidine groups is 1. The fourth-order valence-corrected chi connectivity index (χ4v) is 4.13. The monoisotopic (exact) mass is 432 g/mol. The number of thiophene rings is 1. The molecule has 0 radical (unpaired) electrons. The standard InChI is InChI=1S/C22H32N4O3S/c1-4-23-22(24-15-18-6-5-13-30-18)25-16-19(26-9-11-29-12-10-26)17-7-8-20(27-2)21(14-17)28-3/h5-8,13-14,19H,4,9-12,15-16H2,1-3H3,(H2,23,24,25). The molecule has 2 aromatic rings. The van der Waals surface area contributed by atoms with E-state index in [2.05, 4.69) is 52.1 Å². The van der Waals surface area contributed by atoms with Gasteiger partial charge < -0.3 is 24.8 Å². The minimum absolute atomic E-state index is 0.166. The molecular formula is C22H32N4O3S. The van der Waals surface area contributed by atoms with Gasteiger partial charge in [0.2, 0.25) is 0 Å². The van der Waals surface area contributed by atoms with Gasteiger partial charge in [0.25, 0.3) is 0 Å². The number of morpholine rings is 1. The molecule has 3 rings (SSSR count). The lowest BCUT2D eigenvalue weighted by Gasteiger charge is -2.35. The van der Waals surface area contributed by atoms with E-state index in [0.29, 0.717) is 6.54 Å². The highest BCUT2D eigenvalue weighted by molar-refractivity contribution is 7.09. The summed E-state index contributed by atoms with van der Waals surface area (Å²) in [6.45, 7) is 7.57. The van der Waals surface area contributed by atoms with Crippen molar-refractivity contribution in [3.63, 3.8) is 0 Å². The van der Waals surface area contributed by atoms with Crippen LogP contribution in [0.1, 0.15) is 23.4 Å². The highest BCUT2D eigenvalue weighted by atomic mass is 32.1. The smallest absolute Gasteiger partial charge is 0.191 e. The van der Waals surface area contributed by atoms with Crippen molar-refractivity contribution in [2.45, 2.75) is 19.5 Å². The SMILES string of the molecule is CCNC(=NCc1cccs1)NCC(c1ccc(OC)c(OC)c1)N1CCOCC1. The zero-order valence-electron chi connectivity index (χ0n) is 18.0. The van der Waals surface area contributed by atoms with Crippen molar-refractivity contribution in [2.75, 3.05) is 53.6 Å². The molecule has 0 spiro atoms. The van der Waals surface area contributed by atoms with E-state index < -0.39 is 0 Å². The molecule has 1 atom stereocenters. The number of ether oxygens (including phenoxy) is 3. The Morgan fingerprint density at radius 3 is 2.63 bits per heavy atom. The second kappa shape index (κ2) is 11.8. The summed E-state index contributed by atoms with van der Waals surface area (Å²) >= 11 is 1.72. The van der Waals surface area contributed by atoms with Gasteiger partial charge in [-0.15, -0.1) is 11.3 Å². The summed E-state index contributed by atoms with van der Waals surface area (Å²) in [7, 11) is 3.33. The molecule has 2 heterocycles. The van der Waals surface area contributed by atoms with Crippen LogP contribution in [0.15, 0.2) is 40.7 Å². The van der Waals surface area contributed by atoms with Crippen LogP contribution < -0.4 is 20.1 Å². The summed E-state index contributed by atoms with van der Waals surface area (Å²) in [4.78, 5) is 8.44. The zero-order valence-corrected chi connectivity index (χ0v) is 18.8. The third-order valence-corrected chi connectivity index (χ3v) is 5.92. The summed E-state index contributed by atoms with van der Waals surface area (Å²) in [6.07, 6.45) is 0. The average molecular weight is 433 g/mol. The Hall–Kier alpha value is -2.29. The third kappa shape index (κ3) is 6.10. The van der Waals surface area contributed by atoms with Gasteiger partial charge in [-0.1, -0.05) is 12.1 Å². The Morgan fingerprint density at radius 1 is 1.17 bits per heavy atom. The molecule has 1 fully saturated rings. The number of nitrogens with zero attached hydrogens (tertiary/aromatic N) is 2. The van der Waals surface area contributed by atoms with Crippen LogP contribution in [0.2, 0.25) is 0 Å². The van der Waals surface area contributed by atoms with Crippen molar-refractivity contribution in [1.29, 1.82) is 0 Å². The molecular weight excluding hydrogens is 400 g/mol. The molecule has 1 aromatic heterocycles. The molecule has 0 saturated carbocycles.